The summed E-state index contributed by atoms with van der Waals surface area (Å²) in [5, 5.41) is 0. The molecule has 1 aromatic carbocycles. The second-order valence-electron chi connectivity index (χ2n) is 6.15. The third kappa shape index (κ3) is 5.31. The van der Waals surface area contributed by atoms with Crippen molar-refractivity contribution in [1.82, 2.24) is 15.8 Å². The van der Waals surface area contributed by atoms with E-state index in [0.29, 0.717) is 5.75 Å². The van der Waals surface area contributed by atoms with Gasteiger partial charge in [-0.25, -0.2) is 4.98 Å². The average Bonchev–Trinajstić information content (AvgIpc) is 2.57. The van der Waals surface area contributed by atoms with Crippen molar-refractivity contribution < 1.29 is 14.3 Å². The van der Waals surface area contributed by atoms with Crippen LogP contribution in [0.5, 0.6) is 5.75 Å². The molecule has 2 N–H and O–H groups in total. The molecule has 2 rings (SSSR count). The number of aromatic nitrogens is 1. The molecule has 132 valence electrons. The molecular formula is C19H23N3O3. The molecule has 6 heteroatoms. The van der Waals surface area contributed by atoms with Gasteiger partial charge < -0.3 is 4.74 Å². The summed E-state index contributed by atoms with van der Waals surface area (Å²) in [6.45, 7) is 7.69. The smallest absolute Gasteiger partial charge is 0.288 e. The first-order chi connectivity index (χ1) is 11.9. The molecule has 0 saturated heterocycles. The largest absolute Gasteiger partial charge is 0.483 e. The topological polar surface area (TPSA) is 80.3 Å². The summed E-state index contributed by atoms with van der Waals surface area (Å²) in [5.74, 6) is 0.0373. The number of carbonyl (C=O) groups excluding carboxylic acids is 2. The Morgan fingerprint density at radius 1 is 1.12 bits per heavy atom. The molecule has 2 aromatic rings. The fourth-order valence-corrected chi connectivity index (χ4v) is 2.28. The van der Waals surface area contributed by atoms with Crippen molar-refractivity contribution in [3.63, 3.8) is 0 Å². The maximum Gasteiger partial charge on any atom is 0.288 e. The van der Waals surface area contributed by atoms with E-state index in [4.69, 9.17) is 4.74 Å². The molecular weight excluding hydrogens is 318 g/mol. The van der Waals surface area contributed by atoms with E-state index in [2.05, 4.69) is 29.7 Å². The number of nitrogens with zero attached hydrogens (tertiary/aromatic N) is 1. The first kappa shape index (κ1) is 18.4. The molecule has 0 bridgehead atoms. The molecule has 6 nitrogen and oxygen atoms in total. The first-order valence-electron chi connectivity index (χ1n) is 8.13. The number of hydrazine groups is 1. The molecule has 0 unspecified atom stereocenters. The van der Waals surface area contributed by atoms with E-state index in [1.807, 2.05) is 25.1 Å². The Bertz CT molecular complexity index is 772. The lowest BCUT2D eigenvalue weighted by atomic mass is 10.0. The van der Waals surface area contributed by atoms with Crippen molar-refractivity contribution >= 4 is 11.8 Å². The minimum Gasteiger partial charge on any atom is -0.483 e. The number of hydrogen-bond acceptors (Lipinski definition) is 4. The van der Waals surface area contributed by atoms with E-state index in [-0.39, 0.29) is 18.2 Å². The van der Waals surface area contributed by atoms with Gasteiger partial charge in [-0.15, -0.1) is 0 Å². The molecule has 0 aliphatic rings. The Kier molecular flexibility index (Phi) is 6.11. The number of ether oxygens (including phenoxy) is 1. The molecule has 0 saturated carbocycles. The molecule has 0 aliphatic heterocycles. The molecule has 0 spiro atoms. The number of benzene rings is 1. The Labute approximate surface area is 147 Å². The molecule has 1 heterocycles. The Morgan fingerprint density at radius 3 is 2.56 bits per heavy atom. The van der Waals surface area contributed by atoms with E-state index in [0.717, 1.165) is 16.8 Å². The van der Waals surface area contributed by atoms with Gasteiger partial charge in [-0.1, -0.05) is 32.0 Å². The summed E-state index contributed by atoms with van der Waals surface area (Å²) in [7, 11) is 0. The van der Waals surface area contributed by atoms with Crippen molar-refractivity contribution in [2.45, 2.75) is 33.6 Å². The number of aryl methyl sites for hydroxylation is 2. The van der Waals surface area contributed by atoms with Gasteiger partial charge in [0.25, 0.3) is 11.8 Å². The molecule has 1 aromatic heterocycles. The summed E-state index contributed by atoms with van der Waals surface area (Å²) in [5.41, 5.74) is 7.71. The van der Waals surface area contributed by atoms with Gasteiger partial charge in [0.2, 0.25) is 0 Å². The maximum atomic E-state index is 11.9. The van der Waals surface area contributed by atoms with Crippen LogP contribution in [0.25, 0.3) is 0 Å². The van der Waals surface area contributed by atoms with Crippen LogP contribution in [0.3, 0.4) is 0 Å². The number of hydrogen-bond donors (Lipinski definition) is 2. The van der Waals surface area contributed by atoms with Gasteiger partial charge in [0.05, 0.1) is 0 Å². The number of nitrogens with one attached hydrogen (secondary N) is 2. The highest BCUT2D eigenvalue weighted by Gasteiger charge is 2.12. The van der Waals surface area contributed by atoms with E-state index in [9.17, 15) is 9.59 Å². The number of rotatable bonds is 5. The summed E-state index contributed by atoms with van der Waals surface area (Å²) in [6, 6.07) is 11.0. The lowest BCUT2D eigenvalue weighted by Crippen LogP contribution is -2.44. The van der Waals surface area contributed by atoms with Gasteiger partial charge in [0.15, 0.2) is 6.61 Å². The lowest BCUT2D eigenvalue weighted by molar-refractivity contribution is -0.123. The molecule has 0 aliphatic carbocycles. The number of carbonyl (C=O) groups is 2. The summed E-state index contributed by atoms with van der Waals surface area (Å²) >= 11 is 0. The maximum absolute atomic E-state index is 11.9. The van der Waals surface area contributed by atoms with Gasteiger partial charge in [0.1, 0.15) is 11.4 Å². The predicted octanol–water partition coefficient (Wildman–Crippen LogP) is 2.66. The highest BCUT2D eigenvalue weighted by molar-refractivity contribution is 5.93. The van der Waals surface area contributed by atoms with Crippen LogP contribution >= 0.6 is 0 Å². The minimum absolute atomic E-state index is 0.190. The van der Waals surface area contributed by atoms with Crippen molar-refractivity contribution in [1.29, 1.82) is 0 Å². The first-order valence-corrected chi connectivity index (χ1v) is 8.13. The van der Waals surface area contributed by atoms with Crippen LogP contribution in [0.1, 0.15) is 47.1 Å². The number of pyridine rings is 1. The fourth-order valence-electron chi connectivity index (χ4n) is 2.28. The number of amides is 2. The van der Waals surface area contributed by atoms with Gasteiger partial charge >= 0.3 is 0 Å². The molecule has 0 atom stereocenters. The highest BCUT2D eigenvalue weighted by atomic mass is 16.5. The highest BCUT2D eigenvalue weighted by Crippen LogP contribution is 2.27. The fraction of sp³-hybridized carbons (Fsp3) is 0.316. The van der Waals surface area contributed by atoms with E-state index in [1.165, 1.54) is 0 Å². The summed E-state index contributed by atoms with van der Waals surface area (Å²) < 4.78 is 5.62. The lowest BCUT2D eigenvalue weighted by Gasteiger charge is -2.15. The van der Waals surface area contributed by atoms with Gasteiger partial charge in [-0.2, -0.15) is 0 Å². The second kappa shape index (κ2) is 8.28. The molecule has 2 amide bonds. The van der Waals surface area contributed by atoms with Crippen molar-refractivity contribution in [3.05, 3.63) is 58.9 Å². The Hall–Kier alpha value is -2.89. The van der Waals surface area contributed by atoms with Crippen LogP contribution in [-0.2, 0) is 4.79 Å². The SMILES string of the molecule is Cc1ccc(C(C)C)c(OCC(=O)NNC(=O)c2cccc(C)n2)c1. The summed E-state index contributed by atoms with van der Waals surface area (Å²) in [4.78, 5) is 27.9. The van der Waals surface area contributed by atoms with E-state index >= 15 is 0 Å². The minimum atomic E-state index is -0.476. The van der Waals surface area contributed by atoms with Crippen molar-refractivity contribution in [3.8, 4) is 5.75 Å². The monoisotopic (exact) mass is 341 g/mol. The standard InChI is InChI=1S/C19H23N3O3/c1-12(2)15-9-8-13(3)10-17(15)25-11-18(23)21-22-19(24)16-7-5-6-14(4)20-16/h5-10,12H,11H2,1-4H3,(H,21,23)(H,22,24). The predicted molar refractivity (Wildman–Crippen MR) is 95.3 cm³/mol. The Balaban J connectivity index is 1.89. The van der Waals surface area contributed by atoms with Gasteiger partial charge in [0, 0.05) is 5.69 Å². The zero-order valence-corrected chi connectivity index (χ0v) is 14.9. The summed E-state index contributed by atoms with van der Waals surface area (Å²) in [6.07, 6.45) is 0. The van der Waals surface area contributed by atoms with Crippen LogP contribution in [0.15, 0.2) is 36.4 Å². The van der Waals surface area contributed by atoms with Crippen molar-refractivity contribution in [2.75, 3.05) is 6.61 Å². The van der Waals surface area contributed by atoms with E-state index < -0.39 is 11.8 Å². The normalized spacial score (nSPS) is 10.4. The zero-order valence-electron chi connectivity index (χ0n) is 14.9. The Morgan fingerprint density at radius 2 is 1.88 bits per heavy atom. The zero-order chi connectivity index (χ0) is 18.4. The third-order valence-electron chi connectivity index (χ3n) is 3.59. The second-order valence-corrected chi connectivity index (χ2v) is 6.15. The van der Waals surface area contributed by atoms with E-state index in [1.54, 1.807) is 25.1 Å². The third-order valence-corrected chi connectivity index (χ3v) is 3.59. The van der Waals surface area contributed by atoms with Crippen LogP contribution in [-0.4, -0.2) is 23.4 Å². The molecule has 25 heavy (non-hydrogen) atoms. The molecule has 0 radical (unpaired) electrons. The molecule has 0 fully saturated rings. The quantitative estimate of drug-likeness (QED) is 0.820. The van der Waals surface area contributed by atoms with Gasteiger partial charge in [-0.05, 0) is 49.1 Å². The van der Waals surface area contributed by atoms with Crippen LogP contribution < -0.4 is 15.6 Å². The van der Waals surface area contributed by atoms with Crippen molar-refractivity contribution in [2.24, 2.45) is 0 Å². The van der Waals surface area contributed by atoms with Gasteiger partial charge in [-0.3, -0.25) is 20.4 Å². The van der Waals surface area contributed by atoms with Crippen LogP contribution in [0, 0.1) is 13.8 Å². The average molecular weight is 341 g/mol. The van der Waals surface area contributed by atoms with Crippen LogP contribution in [0.4, 0.5) is 0 Å². The van der Waals surface area contributed by atoms with Crippen LogP contribution in [0.2, 0.25) is 0 Å².